The molecule has 2 fully saturated rings. The van der Waals surface area contributed by atoms with Gasteiger partial charge >= 0.3 is 0 Å². The van der Waals surface area contributed by atoms with Crippen LogP contribution in [-0.2, 0) is 0 Å². The summed E-state index contributed by atoms with van der Waals surface area (Å²) in [6.07, 6.45) is 8.42. The third-order valence-corrected chi connectivity index (χ3v) is 4.90. The Morgan fingerprint density at radius 2 is 1.38 bits per heavy atom. The van der Waals surface area contributed by atoms with Gasteiger partial charge in [-0.1, -0.05) is 26.2 Å². The van der Waals surface area contributed by atoms with Gasteiger partial charge in [-0.15, -0.1) is 0 Å². The molecule has 94 valence electrons. The SMILES string of the molecule is CCC1CCC(C2CCC(F)(F)CC2)CC1. The largest absolute Gasteiger partial charge is 0.248 e. The third kappa shape index (κ3) is 2.95. The van der Waals surface area contributed by atoms with Crippen LogP contribution in [0.3, 0.4) is 0 Å². The summed E-state index contributed by atoms with van der Waals surface area (Å²) in [7, 11) is 0. The smallest absolute Gasteiger partial charge is 0.207 e. The predicted molar refractivity (Wildman–Crippen MR) is 62.6 cm³/mol. The summed E-state index contributed by atoms with van der Waals surface area (Å²) < 4.78 is 26.1. The molecule has 0 atom stereocenters. The molecule has 0 heterocycles. The highest BCUT2D eigenvalue weighted by Gasteiger charge is 2.38. The fourth-order valence-corrected chi connectivity index (χ4v) is 3.60. The Kier molecular flexibility index (Phi) is 3.86. The van der Waals surface area contributed by atoms with Crippen molar-refractivity contribution in [1.29, 1.82) is 0 Å². The van der Waals surface area contributed by atoms with E-state index in [1.165, 1.54) is 32.1 Å². The molecule has 0 amide bonds. The van der Waals surface area contributed by atoms with Crippen LogP contribution in [0, 0.1) is 17.8 Å². The van der Waals surface area contributed by atoms with Gasteiger partial charge in [0.1, 0.15) is 0 Å². The Bertz CT molecular complexity index is 207. The molecule has 2 aliphatic carbocycles. The topological polar surface area (TPSA) is 0 Å². The van der Waals surface area contributed by atoms with E-state index < -0.39 is 5.92 Å². The minimum absolute atomic E-state index is 0.144. The molecule has 0 saturated heterocycles. The maximum Gasteiger partial charge on any atom is 0.248 e. The van der Waals surface area contributed by atoms with Gasteiger partial charge in [0, 0.05) is 12.8 Å². The van der Waals surface area contributed by atoms with Gasteiger partial charge in [0.25, 0.3) is 0 Å². The number of hydrogen-bond acceptors (Lipinski definition) is 0. The normalized spacial score (nSPS) is 36.2. The van der Waals surface area contributed by atoms with Gasteiger partial charge in [-0.2, -0.15) is 0 Å². The molecule has 2 aliphatic rings. The molecular weight excluding hydrogens is 206 g/mol. The molecule has 0 nitrogen and oxygen atoms in total. The summed E-state index contributed by atoms with van der Waals surface area (Å²) in [4.78, 5) is 0. The number of hydrogen-bond donors (Lipinski definition) is 0. The Labute approximate surface area is 97.8 Å². The molecule has 16 heavy (non-hydrogen) atoms. The molecule has 0 spiro atoms. The van der Waals surface area contributed by atoms with Gasteiger partial charge in [-0.25, -0.2) is 8.78 Å². The van der Waals surface area contributed by atoms with Crippen LogP contribution in [0.15, 0.2) is 0 Å². The highest BCUT2D eigenvalue weighted by atomic mass is 19.3. The number of halogens is 2. The van der Waals surface area contributed by atoms with Gasteiger partial charge in [0.15, 0.2) is 0 Å². The molecule has 0 aliphatic heterocycles. The first-order valence-electron chi connectivity index (χ1n) is 6.98. The minimum Gasteiger partial charge on any atom is -0.207 e. The van der Waals surface area contributed by atoms with Gasteiger partial charge in [0.2, 0.25) is 5.92 Å². The lowest BCUT2D eigenvalue weighted by atomic mass is 9.70. The number of rotatable bonds is 2. The van der Waals surface area contributed by atoms with E-state index in [4.69, 9.17) is 0 Å². The average Bonchev–Trinajstić information content (AvgIpc) is 2.29. The first kappa shape index (κ1) is 12.3. The van der Waals surface area contributed by atoms with E-state index in [0.717, 1.165) is 24.7 Å². The predicted octanol–water partition coefficient (Wildman–Crippen LogP) is 5.03. The molecule has 2 heteroatoms. The molecule has 2 rings (SSSR count). The standard InChI is InChI=1S/C14H24F2/c1-2-11-3-5-12(6-4-11)13-7-9-14(15,16)10-8-13/h11-13H,2-10H2,1H3. The second-order valence-corrected chi connectivity index (χ2v) is 5.88. The maximum atomic E-state index is 13.1. The minimum atomic E-state index is -2.35. The molecule has 0 aromatic heterocycles. The lowest BCUT2D eigenvalue weighted by Crippen LogP contribution is -2.30. The van der Waals surface area contributed by atoms with Crippen molar-refractivity contribution in [3.8, 4) is 0 Å². The molecular formula is C14H24F2. The molecule has 0 aromatic carbocycles. The van der Waals surface area contributed by atoms with Gasteiger partial charge < -0.3 is 0 Å². The van der Waals surface area contributed by atoms with Crippen molar-refractivity contribution >= 4 is 0 Å². The van der Waals surface area contributed by atoms with Crippen LogP contribution in [0.5, 0.6) is 0 Å². The Hall–Kier alpha value is -0.140. The zero-order valence-electron chi connectivity index (χ0n) is 10.4. The summed E-state index contributed by atoms with van der Waals surface area (Å²) in [5.74, 6) is -0.0606. The fraction of sp³-hybridized carbons (Fsp3) is 1.00. The summed E-state index contributed by atoms with van der Waals surface area (Å²) in [5, 5.41) is 0. The highest BCUT2D eigenvalue weighted by Crippen LogP contribution is 2.44. The van der Waals surface area contributed by atoms with E-state index in [1.54, 1.807) is 0 Å². The highest BCUT2D eigenvalue weighted by molar-refractivity contribution is 4.84. The van der Waals surface area contributed by atoms with Gasteiger partial charge in [-0.05, 0) is 43.4 Å². The van der Waals surface area contributed by atoms with Crippen LogP contribution in [0.25, 0.3) is 0 Å². The summed E-state index contributed by atoms with van der Waals surface area (Å²) in [6, 6.07) is 0. The molecule has 2 saturated carbocycles. The Morgan fingerprint density at radius 3 is 1.88 bits per heavy atom. The Balaban J connectivity index is 1.78. The van der Waals surface area contributed by atoms with Crippen LogP contribution in [0.4, 0.5) is 8.78 Å². The molecule has 0 radical (unpaired) electrons. The molecule has 0 aromatic rings. The van der Waals surface area contributed by atoms with Crippen molar-refractivity contribution < 1.29 is 8.78 Å². The van der Waals surface area contributed by atoms with E-state index in [9.17, 15) is 8.78 Å². The zero-order chi connectivity index (χ0) is 11.6. The van der Waals surface area contributed by atoms with Crippen LogP contribution in [-0.4, -0.2) is 5.92 Å². The van der Waals surface area contributed by atoms with Crippen molar-refractivity contribution in [2.45, 2.75) is 70.6 Å². The summed E-state index contributed by atoms with van der Waals surface area (Å²) in [5.41, 5.74) is 0. The average molecular weight is 230 g/mol. The van der Waals surface area contributed by atoms with E-state index >= 15 is 0 Å². The first-order valence-corrected chi connectivity index (χ1v) is 6.98. The summed E-state index contributed by atoms with van der Waals surface area (Å²) in [6.45, 7) is 2.27. The quantitative estimate of drug-likeness (QED) is 0.624. The van der Waals surface area contributed by atoms with E-state index in [0.29, 0.717) is 5.92 Å². The van der Waals surface area contributed by atoms with E-state index in [2.05, 4.69) is 6.92 Å². The van der Waals surface area contributed by atoms with Crippen LogP contribution in [0.2, 0.25) is 0 Å². The van der Waals surface area contributed by atoms with Crippen LogP contribution < -0.4 is 0 Å². The number of alkyl halides is 2. The lowest BCUT2D eigenvalue weighted by molar-refractivity contribution is -0.0550. The second-order valence-electron chi connectivity index (χ2n) is 5.88. The molecule has 0 unspecified atom stereocenters. The lowest BCUT2D eigenvalue weighted by Gasteiger charge is -2.37. The van der Waals surface area contributed by atoms with Crippen molar-refractivity contribution in [2.24, 2.45) is 17.8 Å². The second kappa shape index (κ2) is 5.01. The van der Waals surface area contributed by atoms with Crippen LogP contribution >= 0.6 is 0 Å². The fourth-order valence-electron chi connectivity index (χ4n) is 3.60. The monoisotopic (exact) mass is 230 g/mol. The van der Waals surface area contributed by atoms with Crippen LogP contribution in [0.1, 0.15) is 64.7 Å². The van der Waals surface area contributed by atoms with Crippen molar-refractivity contribution in [1.82, 2.24) is 0 Å². The van der Waals surface area contributed by atoms with Gasteiger partial charge in [0.05, 0.1) is 0 Å². The molecule has 0 N–H and O–H groups in total. The molecule has 0 bridgehead atoms. The van der Waals surface area contributed by atoms with Gasteiger partial charge in [-0.3, -0.25) is 0 Å². The van der Waals surface area contributed by atoms with E-state index in [1.807, 2.05) is 0 Å². The zero-order valence-corrected chi connectivity index (χ0v) is 10.4. The summed E-state index contributed by atoms with van der Waals surface area (Å²) >= 11 is 0. The van der Waals surface area contributed by atoms with Crippen molar-refractivity contribution in [3.05, 3.63) is 0 Å². The Morgan fingerprint density at radius 1 is 0.875 bits per heavy atom. The third-order valence-electron chi connectivity index (χ3n) is 4.90. The van der Waals surface area contributed by atoms with E-state index in [-0.39, 0.29) is 12.8 Å². The first-order chi connectivity index (χ1) is 7.61. The maximum absolute atomic E-state index is 13.1. The van der Waals surface area contributed by atoms with Crippen molar-refractivity contribution in [3.63, 3.8) is 0 Å². The van der Waals surface area contributed by atoms with Crippen molar-refractivity contribution in [2.75, 3.05) is 0 Å².